The van der Waals surface area contributed by atoms with Gasteiger partial charge in [-0.3, -0.25) is 4.90 Å². The fraction of sp³-hybridized carbons (Fsp3) is 0.600. The summed E-state index contributed by atoms with van der Waals surface area (Å²) in [5.41, 5.74) is 1.01. The number of halogens is 2. The molecule has 1 fully saturated rings. The van der Waals surface area contributed by atoms with Crippen LogP contribution >= 0.6 is 15.9 Å². The maximum absolute atomic E-state index is 13.3. The molecular formula is C15H23BrFN3O2S. The molecule has 0 bridgehead atoms. The van der Waals surface area contributed by atoms with E-state index in [1.807, 2.05) is 13.8 Å². The van der Waals surface area contributed by atoms with E-state index >= 15 is 0 Å². The Labute approximate surface area is 146 Å². The molecule has 23 heavy (non-hydrogen) atoms. The smallest absolute Gasteiger partial charge is 0.282 e. The molecule has 8 heteroatoms. The highest BCUT2D eigenvalue weighted by Gasteiger charge is 2.30. The Balaban J connectivity index is 1.94. The largest absolute Gasteiger partial charge is 0.296 e. The van der Waals surface area contributed by atoms with Gasteiger partial charge in [0.15, 0.2) is 0 Å². The van der Waals surface area contributed by atoms with Crippen LogP contribution in [-0.2, 0) is 16.8 Å². The molecule has 1 aliphatic heterocycles. The first-order valence-electron chi connectivity index (χ1n) is 7.80. The lowest BCUT2D eigenvalue weighted by molar-refractivity contribution is 0.175. The summed E-state index contributed by atoms with van der Waals surface area (Å²) >= 11 is 3.19. The number of nitrogens with zero attached hydrogens (tertiary/aromatic N) is 3. The van der Waals surface area contributed by atoms with Gasteiger partial charge >= 0.3 is 0 Å². The van der Waals surface area contributed by atoms with Crippen molar-refractivity contribution >= 4 is 26.1 Å². The second-order valence-electron chi connectivity index (χ2n) is 5.52. The summed E-state index contributed by atoms with van der Waals surface area (Å²) in [5.74, 6) is -0.274. The highest BCUT2D eigenvalue weighted by molar-refractivity contribution is 9.10. The lowest BCUT2D eigenvalue weighted by atomic mass is 10.2. The summed E-state index contributed by atoms with van der Waals surface area (Å²) < 4.78 is 41.7. The minimum absolute atomic E-state index is 0.274. The van der Waals surface area contributed by atoms with Crippen LogP contribution < -0.4 is 0 Å². The van der Waals surface area contributed by atoms with Gasteiger partial charge in [-0.05, 0) is 33.6 Å². The number of piperazine rings is 1. The van der Waals surface area contributed by atoms with Crippen LogP contribution in [-0.4, -0.2) is 61.2 Å². The molecule has 0 radical (unpaired) electrons. The zero-order chi connectivity index (χ0) is 17.0. The predicted octanol–water partition coefficient (Wildman–Crippen LogP) is 2.29. The molecule has 0 N–H and O–H groups in total. The molecule has 0 saturated carbocycles. The van der Waals surface area contributed by atoms with E-state index in [4.69, 9.17) is 0 Å². The summed E-state index contributed by atoms with van der Waals surface area (Å²) in [6.45, 7) is 7.70. The summed E-state index contributed by atoms with van der Waals surface area (Å²) in [6, 6.07) is 4.98. The minimum Gasteiger partial charge on any atom is -0.296 e. The lowest BCUT2D eigenvalue weighted by Crippen LogP contribution is -2.52. The average Bonchev–Trinajstić information content (AvgIpc) is 2.52. The molecule has 0 aliphatic carbocycles. The number of hydrogen-bond donors (Lipinski definition) is 0. The minimum atomic E-state index is -3.35. The van der Waals surface area contributed by atoms with Crippen molar-refractivity contribution in [2.24, 2.45) is 0 Å². The molecule has 0 unspecified atom stereocenters. The van der Waals surface area contributed by atoms with Gasteiger partial charge in [0.1, 0.15) is 5.82 Å². The van der Waals surface area contributed by atoms with Crippen molar-refractivity contribution in [2.75, 3.05) is 39.3 Å². The Bertz CT molecular complexity index is 630. The molecule has 1 heterocycles. The highest BCUT2D eigenvalue weighted by atomic mass is 79.9. The maximum atomic E-state index is 13.3. The van der Waals surface area contributed by atoms with Gasteiger partial charge in [0.05, 0.1) is 4.47 Å². The van der Waals surface area contributed by atoms with Gasteiger partial charge in [0.25, 0.3) is 10.2 Å². The van der Waals surface area contributed by atoms with Gasteiger partial charge in [-0.15, -0.1) is 0 Å². The maximum Gasteiger partial charge on any atom is 0.282 e. The van der Waals surface area contributed by atoms with Crippen LogP contribution in [0.3, 0.4) is 0 Å². The molecule has 0 amide bonds. The van der Waals surface area contributed by atoms with Crippen molar-refractivity contribution < 1.29 is 12.8 Å². The topological polar surface area (TPSA) is 43.9 Å². The van der Waals surface area contributed by atoms with Gasteiger partial charge in [0, 0.05) is 45.8 Å². The fourth-order valence-corrected chi connectivity index (χ4v) is 4.76. The second kappa shape index (κ2) is 8.02. The molecule has 1 aromatic rings. The number of hydrogen-bond acceptors (Lipinski definition) is 3. The average molecular weight is 408 g/mol. The van der Waals surface area contributed by atoms with Gasteiger partial charge in [-0.25, -0.2) is 4.39 Å². The zero-order valence-electron chi connectivity index (χ0n) is 13.5. The Morgan fingerprint density at radius 2 is 1.78 bits per heavy atom. The molecule has 0 spiro atoms. The van der Waals surface area contributed by atoms with Crippen molar-refractivity contribution in [3.05, 3.63) is 34.1 Å². The first-order valence-corrected chi connectivity index (χ1v) is 9.99. The standard InChI is InChI=1S/C15H23BrFN3O2S/c1-3-19(4-2)23(21,22)20-9-7-18(8-10-20)12-13-5-6-15(17)14(16)11-13/h5-6,11H,3-4,7-10,12H2,1-2H3. The Kier molecular flexibility index (Phi) is 6.56. The van der Waals surface area contributed by atoms with Crippen molar-refractivity contribution in [2.45, 2.75) is 20.4 Å². The molecule has 1 saturated heterocycles. The highest BCUT2D eigenvalue weighted by Crippen LogP contribution is 2.19. The van der Waals surface area contributed by atoms with Crippen molar-refractivity contribution in [1.29, 1.82) is 0 Å². The first-order chi connectivity index (χ1) is 10.9. The van der Waals surface area contributed by atoms with E-state index in [0.29, 0.717) is 50.3 Å². The van der Waals surface area contributed by atoms with Gasteiger partial charge in [0.2, 0.25) is 0 Å². The van der Waals surface area contributed by atoms with Gasteiger partial charge in [-0.2, -0.15) is 17.0 Å². The monoisotopic (exact) mass is 407 g/mol. The van der Waals surface area contributed by atoms with Crippen LogP contribution in [0.5, 0.6) is 0 Å². The van der Waals surface area contributed by atoms with E-state index in [2.05, 4.69) is 20.8 Å². The Morgan fingerprint density at radius 1 is 1.17 bits per heavy atom. The molecule has 2 rings (SSSR count). The number of benzene rings is 1. The molecule has 1 aliphatic rings. The summed E-state index contributed by atoms with van der Waals surface area (Å²) in [7, 11) is -3.35. The molecular weight excluding hydrogens is 385 g/mol. The molecule has 0 aromatic heterocycles. The first kappa shape index (κ1) is 18.8. The van der Waals surface area contributed by atoms with E-state index in [9.17, 15) is 12.8 Å². The predicted molar refractivity (Wildman–Crippen MR) is 92.8 cm³/mol. The van der Waals surface area contributed by atoms with E-state index in [1.54, 1.807) is 16.4 Å². The van der Waals surface area contributed by atoms with Crippen LogP contribution in [0.15, 0.2) is 22.7 Å². The van der Waals surface area contributed by atoms with E-state index in [0.717, 1.165) is 5.56 Å². The lowest BCUT2D eigenvalue weighted by Gasteiger charge is -2.36. The molecule has 0 atom stereocenters. The SMILES string of the molecule is CCN(CC)S(=O)(=O)N1CCN(Cc2ccc(F)c(Br)c2)CC1. The van der Waals surface area contributed by atoms with Crippen LogP contribution in [0.2, 0.25) is 0 Å². The van der Waals surface area contributed by atoms with Crippen molar-refractivity contribution in [3.8, 4) is 0 Å². The van der Waals surface area contributed by atoms with Crippen LogP contribution in [0.1, 0.15) is 19.4 Å². The quantitative estimate of drug-likeness (QED) is 0.726. The third kappa shape index (κ3) is 4.51. The third-order valence-corrected chi connectivity index (χ3v) is 6.87. The molecule has 5 nitrogen and oxygen atoms in total. The van der Waals surface area contributed by atoms with Crippen molar-refractivity contribution in [3.63, 3.8) is 0 Å². The van der Waals surface area contributed by atoms with Gasteiger partial charge < -0.3 is 0 Å². The Hall–Kier alpha value is -0.540. The summed E-state index contributed by atoms with van der Waals surface area (Å²) in [4.78, 5) is 2.19. The molecule has 1 aromatic carbocycles. The van der Waals surface area contributed by atoms with Crippen LogP contribution in [0.25, 0.3) is 0 Å². The summed E-state index contributed by atoms with van der Waals surface area (Å²) in [6.07, 6.45) is 0. The van der Waals surface area contributed by atoms with E-state index in [1.165, 1.54) is 10.4 Å². The fourth-order valence-electron chi connectivity index (χ4n) is 2.73. The number of rotatable bonds is 6. The van der Waals surface area contributed by atoms with E-state index in [-0.39, 0.29) is 5.82 Å². The second-order valence-corrected chi connectivity index (χ2v) is 8.30. The normalized spacial score (nSPS) is 17.8. The molecule has 130 valence electrons. The van der Waals surface area contributed by atoms with Gasteiger partial charge in [-0.1, -0.05) is 19.9 Å². The zero-order valence-corrected chi connectivity index (χ0v) is 15.9. The summed E-state index contributed by atoms with van der Waals surface area (Å²) in [5, 5.41) is 0. The third-order valence-electron chi connectivity index (χ3n) is 4.08. The van der Waals surface area contributed by atoms with E-state index < -0.39 is 10.2 Å². The van der Waals surface area contributed by atoms with Crippen LogP contribution in [0, 0.1) is 5.82 Å². The van der Waals surface area contributed by atoms with Crippen LogP contribution in [0.4, 0.5) is 4.39 Å². The Morgan fingerprint density at radius 3 is 2.30 bits per heavy atom. The van der Waals surface area contributed by atoms with Crippen molar-refractivity contribution in [1.82, 2.24) is 13.5 Å².